The SMILES string of the molecule is CCC/C(I)=C(/F)CC(C)(C)CC. The van der Waals surface area contributed by atoms with Gasteiger partial charge >= 0.3 is 0 Å². The first-order valence-electron chi connectivity index (χ1n) is 4.96. The molecule has 0 saturated carbocycles. The van der Waals surface area contributed by atoms with E-state index >= 15 is 0 Å². The zero-order valence-electron chi connectivity index (χ0n) is 9.08. The van der Waals surface area contributed by atoms with E-state index in [1.807, 2.05) is 0 Å². The van der Waals surface area contributed by atoms with Gasteiger partial charge in [-0.25, -0.2) is 4.39 Å². The van der Waals surface area contributed by atoms with Crippen molar-refractivity contribution in [3.8, 4) is 0 Å². The summed E-state index contributed by atoms with van der Waals surface area (Å²) in [6.07, 6.45) is 3.52. The lowest BCUT2D eigenvalue weighted by Crippen LogP contribution is -2.09. The number of hydrogen-bond acceptors (Lipinski definition) is 0. The van der Waals surface area contributed by atoms with Crippen molar-refractivity contribution in [1.29, 1.82) is 0 Å². The minimum absolute atomic E-state index is 0.0919. The molecule has 0 bridgehead atoms. The molecule has 0 aromatic heterocycles. The van der Waals surface area contributed by atoms with E-state index in [9.17, 15) is 4.39 Å². The molecule has 0 nitrogen and oxygen atoms in total. The van der Waals surface area contributed by atoms with E-state index in [4.69, 9.17) is 0 Å². The van der Waals surface area contributed by atoms with Gasteiger partial charge in [-0.3, -0.25) is 0 Å². The van der Waals surface area contributed by atoms with Crippen molar-refractivity contribution in [3.05, 3.63) is 9.41 Å². The maximum Gasteiger partial charge on any atom is 0.110 e. The summed E-state index contributed by atoms with van der Waals surface area (Å²) in [6, 6.07) is 0. The summed E-state index contributed by atoms with van der Waals surface area (Å²) >= 11 is 2.13. The predicted molar refractivity (Wildman–Crippen MR) is 65.8 cm³/mol. The molecule has 0 N–H and O–H groups in total. The molecule has 0 aromatic rings. The number of allylic oxidation sites excluding steroid dienone is 2. The molecule has 0 aliphatic heterocycles. The third-order valence-corrected chi connectivity index (χ3v) is 3.48. The van der Waals surface area contributed by atoms with Gasteiger partial charge in [0, 0.05) is 10.0 Å². The van der Waals surface area contributed by atoms with Crippen LogP contribution in [0.5, 0.6) is 0 Å². The summed E-state index contributed by atoms with van der Waals surface area (Å²) in [6.45, 7) is 8.42. The van der Waals surface area contributed by atoms with Crippen molar-refractivity contribution in [1.82, 2.24) is 0 Å². The van der Waals surface area contributed by atoms with Crippen LogP contribution in [0.25, 0.3) is 0 Å². The van der Waals surface area contributed by atoms with E-state index in [-0.39, 0.29) is 11.2 Å². The summed E-state index contributed by atoms with van der Waals surface area (Å²) in [5, 5.41) is 0. The Morgan fingerprint density at radius 1 is 1.31 bits per heavy atom. The second-order valence-electron chi connectivity index (χ2n) is 4.25. The number of hydrogen-bond donors (Lipinski definition) is 0. The molecule has 0 saturated heterocycles. The van der Waals surface area contributed by atoms with Crippen molar-refractivity contribution < 1.29 is 4.39 Å². The molecule has 0 unspecified atom stereocenters. The Labute approximate surface area is 95.1 Å². The van der Waals surface area contributed by atoms with Gasteiger partial charge in [-0.1, -0.05) is 40.5 Å². The van der Waals surface area contributed by atoms with Crippen LogP contribution in [0.1, 0.15) is 53.4 Å². The molecule has 0 aliphatic rings. The van der Waals surface area contributed by atoms with Crippen LogP contribution in [0.4, 0.5) is 4.39 Å². The summed E-state index contributed by atoms with van der Waals surface area (Å²) in [5.41, 5.74) is 0.105. The van der Waals surface area contributed by atoms with Gasteiger partial charge in [-0.15, -0.1) is 0 Å². The van der Waals surface area contributed by atoms with Crippen molar-refractivity contribution in [2.75, 3.05) is 0 Å². The standard InChI is InChI=1S/C11H20FI/c1-5-7-10(13)9(12)8-11(3,4)6-2/h5-8H2,1-4H3/b10-9-. The van der Waals surface area contributed by atoms with Crippen molar-refractivity contribution >= 4 is 22.6 Å². The Bertz CT molecular complexity index is 183. The first-order chi connectivity index (χ1) is 5.93. The van der Waals surface area contributed by atoms with E-state index in [0.29, 0.717) is 6.42 Å². The molecule has 0 amide bonds. The highest BCUT2D eigenvalue weighted by atomic mass is 127. The molecule has 0 spiro atoms. The van der Waals surface area contributed by atoms with Crippen molar-refractivity contribution in [3.63, 3.8) is 0 Å². The summed E-state index contributed by atoms with van der Waals surface area (Å²) in [7, 11) is 0. The predicted octanol–water partition coefficient (Wildman–Crippen LogP) is 5.23. The molecule has 13 heavy (non-hydrogen) atoms. The second-order valence-corrected chi connectivity index (χ2v) is 5.56. The first kappa shape index (κ1) is 13.4. The van der Waals surface area contributed by atoms with E-state index in [0.717, 1.165) is 22.8 Å². The maximum absolute atomic E-state index is 13.5. The quantitative estimate of drug-likeness (QED) is 0.610. The van der Waals surface area contributed by atoms with E-state index in [2.05, 4.69) is 50.3 Å². The van der Waals surface area contributed by atoms with Gasteiger partial charge < -0.3 is 0 Å². The molecular weight excluding hydrogens is 278 g/mol. The molecule has 78 valence electrons. The Morgan fingerprint density at radius 3 is 2.23 bits per heavy atom. The highest BCUT2D eigenvalue weighted by molar-refractivity contribution is 14.1. The van der Waals surface area contributed by atoms with Crippen LogP contribution < -0.4 is 0 Å². The Kier molecular flexibility index (Phi) is 6.18. The van der Waals surface area contributed by atoms with Crippen LogP contribution in [0.3, 0.4) is 0 Å². The van der Waals surface area contributed by atoms with Crippen molar-refractivity contribution in [2.24, 2.45) is 5.41 Å². The van der Waals surface area contributed by atoms with Gasteiger partial charge in [0.05, 0.1) is 0 Å². The van der Waals surface area contributed by atoms with Gasteiger partial charge in [-0.05, 0) is 34.4 Å². The number of halogens is 2. The van der Waals surface area contributed by atoms with Crippen LogP contribution in [-0.4, -0.2) is 0 Å². The Balaban J connectivity index is 4.27. The van der Waals surface area contributed by atoms with Gasteiger partial charge in [-0.2, -0.15) is 0 Å². The van der Waals surface area contributed by atoms with E-state index in [1.165, 1.54) is 0 Å². The maximum atomic E-state index is 13.5. The van der Waals surface area contributed by atoms with Crippen LogP contribution in [0.15, 0.2) is 9.41 Å². The monoisotopic (exact) mass is 298 g/mol. The molecule has 0 radical (unpaired) electrons. The fourth-order valence-electron chi connectivity index (χ4n) is 0.996. The van der Waals surface area contributed by atoms with Crippen LogP contribution in [0.2, 0.25) is 0 Å². The highest BCUT2D eigenvalue weighted by Crippen LogP contribution is 2.33. The molecule has 0 rings (SSSR count). The zero-order chi connectivity index (χ0) is 10.5. The van der Waals surface area contributed by atoms with Gasteiger partial charge in [0.1, 0.15) is 5.83 Å². The van der Waals surface area contributed by atoms with Crippen LogP contribution in [0, 0.1) is 5.41 Å². The fourth-order valence-corrected chi connectivity index (χ4v) is 1.73. The van der Waals surface area contributed by atoms with Crippen LogP contribution in [-0.2, 0) is 0 Å². The lowest BCUT2D eigenvalue weighted by Gasteiger charge is -2.21. The van der Waals surface area contributed by atoms with Gasteiger partial charge in [0.15, 0.2) is 0 Å². The average molecular weight is 298 g/mol. The lowest BCUT2D eigenvalue weighted by atomic mass is 9.86. The third kappa shape index (κ3) is 5.66. The molecule has 2 heteroatoms. The molecule has 0 aliphatic carbocycles. The van der Waals surface area contributed by atoms with Crippen LogP contribution >= 0.6 is 22.6 Å². The minimum Gasteiger partial charge on any atom is -0.211 e. The minimum atomic E-state index is 0.0919. The Morgan fingerprint density at radius 2 is 1.85 bits per heavy atom. The van der Waals surface area contributed by atoms with Crippen molar-refractivity contribution in [2.45, 2.75) is 53.4 Å². The van der Waals surface area contributed by atoms with Gasteiger partial charge in [0.25, 0.3) is 0 Å². The highest BCUT2D eigenvalue weighted by Gasteiger charge is 2.18. The smallest absolute Gasteiger partial charge is 0.110 e. The zero-order valence-corrected chi connectivity index (χ0v) is 11.2. The summed E-state index contributed by atoms with van der Waals surface area (Å²) in [5.74, 6) is 0.0919. The third-order valence-electron chi connectivity index (χ3n) is 2.35. The first-order valence-corrected chi connectivity index (χ1v) is 6.04. The average Bonchev–Trinajstić information content (AvgIpc) is 2.04. The topological polar surface area (TPSA) is 0 Å². The Hall–Kier alpha value is 0.400. The van der Waals surface area contributed by atoms with E-state index in [1.54, 1.807) is 0 Å². The molecule has 0 fully saturated rings. The normalized spacial score (nSPS) is 14.3. The van der Waals surface area contributed by atoms with Gasteiger partial charge in [0.2, 0.25) is 0 Å². The summed E-state index contributed by atoms with van der Waals surface area (Å²) in [4.78, 5) is 0. The summed E-state index contributed by atoms with van der Waals surface area (Å²) < 4.78 is 14.4. The molecular formula is C11H20FI. The fraction of sp³-hybridized carbons (Fsp3) is 0.818. The molecule has 0 heterocycles. The lowest BCUT2D eigenvalue weighted by molar-refractivity contribution is 0.319. The largest absolute Gasteiger partial charge is 0.211 e. The molecule has 0 aromatic carbocycles. The number of rotatable bonds is 5. The second kappa shape index (κ2) is 5.99. The van der Waals surface area contributed by atoms with E-state index < -0.39 is 0 Å². The molecule has 0 atom stereocenters.